The number of thiazole rings is 1. The lowest BCUT2D eigenvalue weighted by Gasteiger charge is -2.22. The van der Waals surface area contributed by atoms with Crippen molar-refractivity contribution in [2.75, 3.05) is 11.1 Å². The molecule has 0 saturated heterocycles. The summed E-state index contributed by atoms with van der Waals surface area (Å²) in [5.74, 6) is -1.71. The number of sulfone groups is 1. The molecule has 0 spiro atoms. The Balaban J connectivity index is 1.72. The lowest BCUT2D eigenvalue weighted by atomic mass is 9.85. The molecule has 1 aliphatic rings. The van der Waals surface area contributed by atoms with Crippen LogP contribution in [0.4, 0.5) is 5.13 Å². The average molecular weight is 438 g/mol. The van der Waals surface area contributed by atoms with Crippen molar-refractivity contribution in [2.45, 2.75) is 43.6 Å². The number of aromatic nitrogens is 2. The number of amides is 1. The highest BCUT2D eigenvalue weighted by molar-refractivity contribution is 7.91. The topological polar surface area (TPSA) is 126 Å². The van der Waals surface area contributed by atoms with Gasteiger partial charge in [0.15, 0.2) is 20.0 Å². The molecule has 2 aromatic heterocycles. The number of nitrogens with zero attached hydrogens (tertiary/aromatic N) is 2. The van der Waals surface area contributed by atoms with Crippen molar-refractivity contribution in [1.29, 1.82) is 0 Å². The largest absolute Gasteiger partial charge is 0.481 e. The zero-order valence-corrected chi connectivity index (χ0v) is 17.4. The van der Waals surface area contributed by atoms with Crippen LogP contribution in [0, 0.1) is 11.8 Å². The summed E-state index contributed by atoms with van der Waals surface area (Å²) in [6, 6.07) is 3.04. The van der Waals surface area contributed by atoms with Gasteiger partial charge in [-0.2, -0.15) is 0 Å². The number of carboxylic acid groups (broad SMARTS) is 1. The van der Waals surface area contributed by atoms with Crippen LogP contribution in [0.1, 0.15) is 37.7 Å². The summed E-state index contributed by atoms with van der Waals surface area (Å²) < 4.78 is 24.3. The van der Waals surface area contributed by atoms with Crippen LogP contribution in [0.25, 0.3) is 0 Å². The van der Waals surface area contributed by atoms with Gasteiger partial charge in [0, 0.05) is 23.7 Å². The molecule has 2 N–H and O–H groups in total. The van der Waals surface area contributed by atoms with E-state index in [0.29, 0.717) is 11.6 Å². The number of aliphatic carboxylic acids is 1. The number of anilines is 1. The summed E-state index contributed by atoms with van der Waals surface area (Å²) in [4.78, 5) is 31.6. The fourth-order valence-corrected chi connectivity index (χ4v) is 5.29. The fraction of sp³-hybridized carbons (Fsp3) is 0.474. The van der Waals surface area contributed by atoms with E-state index < -0.39 is 28.0 Å². The second-order valence-corrected chi connectivity index (χ2v) is 10.1. The molecule has 2 aromatic rings. The van der Waals surface area contributed by atoms with Crippen LogP contribution in [-0.4, -0.2) is 41.1 Å². The van der Waals surface area contributed by atoms with Crippen LogP contribution in [-0.2, 0) is 25.8 Å². The molecular formula is C19H23N3O5S2. The average Bonchev–Trinajstić information content (AvgIpc) is 3.39. The minimum Gasteiger partial charge on any atom is -0.481 e. The molecule has 3 rings (SSSR count). The number of rotatable bonds is 9. The smallest absolute Gasteiger partial charge is 0.304 e. The molecule has 0 aliphatic heterocycles. The third-order valence-electron chi connectivity index (χ3n) is 5.12. The first-order chi connectivity index (χ1) is 13.8. The van der Waals surface area contributed by atoms with Crippen molar-refractivity contribution < 1.29 is 23.1 Å². The Morgan fingerprint density at radius 1 is 1.24 bits per heavy atom. The maximum absolute atomic E-state index is 12.9. The van der Waals surface area contributed by atoms with E-state index in [-0.39, 0.29) is 22.8 Å². The molecular weight excluding hydrogens is 414 g/mol. The molecule has 156 valence electrons. The Morgan fingerprint density at radius 2 is 2.00 bits per heavy atom. The predicted octanol–water partition coefficient (Wildman–Crippen LogP) is 2.77. The van der Waals surface area contributed by atoms with Crippen molar-refractivity contribution in [3.05, 3.63) is 35.5 Å². The van der Waals surface area contributed by atoms with Crippen molar-refractivity contribution in [3.63, 3.8) is 0 Å². The highest BCUT2D eigenvalue weighted by Gasteiger charge is 2.31. The Hall–Kier alpha value is -2.33. The number of pyridine rings is 1. The number of nitrogens with one attached hydrogen (secondary N) is 1. The van der Waals surface area contributed by atoms with Gasteiger partial charge in [-0.15, -0.1) is 11.3 Å². The molecule has 0 aromatic carbocycles. The van der Waals surface area contributed by atoms with Gasteiger partial charge in [-0.1, -0.05) is 18.9 Å². The van der Waals surface area contributed by atoms with Gasteiger partial charge in [-0.25, -0.2) is 18.4 Å². The van der Waals surface area contributed by atoms with Gasteiger partial charge in [0.25, 0.3) is 0 Å². The molecule has 1 fully saturated rings. The van der Waals surface area contributed by atoms with Gasteiger partial charge < -0.3 is 10.4 Å². The Bertz CT molecular complexity index is 937. The van der Waals surface area contributed by atoms with Gasteiger partial charge in [0.05, 0.1) is 12.2 Å². The number of hydrogen-bond acceptors (Lipinski definition) is 7. The van der Waals surface area contributed by atoms with E-state index in [1.165, 1.54) is 23.6 Å². The predicted molar refractivity (Wildman–Crippen MR) is 108 cm³/mol. The number of carbonyl (C=O) groups excluding carboxylic acids is 1. The minimum absolute atomic E-state index is 0.0787. The zero-order valence-electron chi connectivity index (χ0n) is 15.8. The molecule has 2 heterocycles. The van der Waals surface area contributed by atoms with Crippen molar-refractivity contribution >= 4 is 38.2 Å². The highest BCUT2D eigenvalue weighted by atomic mass is 32.2. The standard InChI is InChI=1S/C19H23N3O5S2/c23-17(24)7-10-29(26,27)16-6-5-13(12-21-16)11-15(14-3-1-2-4-14)18(25)22-19-20-8-9-28-19/h5-6,8-9,12,14-15H,1-4,7,10-11H2,(H,23,24)(H,20,22,25). The molecule has 1 atom stereocenters. The van der Waals surface area contributed by atoms with E-state index in [9.17, 15) is 18.0 Å². The van der Waals surface area contributed by atoms with Gasteiger partial charge >= 0.3 is 5.97 Å². The molecule has 1 aliphatic carbocycles. The van der Waals surface area contributed by atoms with Crippen LogP contribution in [0.3, 0.4) is 0 Å². The monoisotopic (exact) mass is 437 g/mol. The van der Waals surface area contributed by atoms with E-state index in [0.717, 1.165) is 31.2 Å². The maximum Gasteiger partial charge on any atom is 0.304 e. The van der Waals surface area contributed by atoms with Crippen LogP contribution in [0.5, 0.6) is 0 Å². The summed E-state index contributed by atoms with van der Waals surface area (Å²) in [7, 11) is -3.74. The molecule has 8 nitrogen and oxygen atoms in total. The van der Waals surface area contributed by atoms with Crippen molar-refractivity contribution in [3.8, 4) is 0 Å². The molecule has 29 heavy (non-hydrogen) atoms. The third kappa shape index (κ3) is 5.83. The minimum atomic E-state index is -3.74. The van der Waals surface area contributed by atoms with E-state index in [4.69, 9.17) is 5.11 Å². The van der Waals surface area contributed by atoms with E-state index in [1.807, 2.05) is 0 Å². The Labute approximate surface area is 173 Å². The normalized spacial score (nSPS) is 15.9. The van der Waals surface area contributed by atoms with Gasteiger partial charge in [0.2, 0.25) is 5.91 Å². The van der Waals surface area contributed by atoms with Crippen LogP contribution >= 0.6 is 11.3 Å². The van der Waals surface area contributed by atoms with E-state index in [2.05, 4.69) is 15.3 Å². The second kappa shape index (κ2) is 9.45. The highest BCUT2D eigenvalue weighted by Crippen LogP contribution is 2.34. The van der Waals surface area contributed by atoms with Crippen LogP contribution in [0.2, 0.25) is 0 Å². The second-order valence-electron chi connectivity index (χ2n) is 7.15. The Kier molecular flexibility index (Phi) is 6.96. The SMILES string of the molecule is O=C(O)CCS(=O)(=O)c1ccc(CC(C(=O)Nc2nccs2)C2CCCC2)cn1. The summed E-state index contributed by atoms with van der Waals surface area (Å²) >= 11 is 1.36. The Morgan fingerprint density at radius 3 is 2.59 bits per heavy atom. The van der Waals surface area contributed by atoms with Crippen molar-refractivity contribution in [2.24, 2.45) is 11.8 Å². The number of carboxylic acids is 1. The van der Waals surface area contributed by atoms with Crippen LogP contribution in [0.15, 0.2) is 34.9 Å². The molecule has 1 unspecified atom stereocenters. The first-order valence-electron chi connectivity index (χ1n) is 9.45. The number of hydrogen-bond donors (Lipinski definition) is 2. The van der Waals surface area contributed by atoms with E-state index in [1.54, 1.807) is 17.6 Å². The molecule has 10 heteroatoms. The van der Waals surface area contributed by atoms with Gasteiger partial charge in [-0.05, 0) is 36.8 Å². The quantitative estimate of drug-likeness (QED) is 0.617. The summed E-state index contributed by atoms with van der Waals surface area (Å²) in [6.07, 6.45) is 7.28. The zero-order chi connectivity index (χ0) is 20.9. The van der Waals surface area contributed by atoms with Crippen LogP contribution < -0.4 is 5.32 Å². The van der Waals surface area contributed by atoms with Gasteiger partial charge in [-0.3, -0.25) is 9.59 Å². The first kappa shape index (κ1) is 21.4. The van der Waals surface area contributed by atoms with E-state index >= 15 is 0 Å². The molecule has 0 radical (unpaired) electrons. The van der Waals surface area contributed by atoms with Gasteiger partial charge in [0.1, 0.15) is 0 Å². The lowest BCUT2D eigenvalue weighted by molar-refractivity contribution is -0.136. The maximum atomic E-state index is 12.9. The molecule has 0 bridgehead atoms. The number of carbonyl (C=O) groups is 2. The first-order valence-corrected chi connectivity index (χ1v) is 12.0. The summed E-state index contributed by atoms with van der Waals surface area (Å²) in [5, 5.41) is 13.8. The fourth-order valence-electron chi connectivity index (χ4n) is 3.61. The third-order valence-corrected chi connectivity index (χ3v) is 7.43. The summed E-state index contributed by atoms with van der Waals surface area (Å²) in [6.45, 7) is 0. The lowest BCUT2D eigenvalue weighted by Crippen LogP contribution is -2.30. The molecule has 1 amide bonds. The summed E-state index contributed by atoms with van der Waals surface area (Å²) in [5.41, 5.74) is 0.772. The van der Waals surface area contributed by atoms with Crippen molar-refractivity contribution in [1.82, 2.24) is 9.97 Å². The molecule has 1 saturated carbocycles.